The SMILES string of the molecule is CCNc1c([N+](=O)[O-])cc([N+](=O)[O-])nc1[N+](=O)[O-]. The molecule has 0 spiro atoms. The zero-order valence-corrected chi connectivity index (χ0v) is 9.02. The summed E-state index contributed by atoms with van der Waals surface area (Å²) in [5.41, 5.74) is -1.21. The lowest BCUT2D eigenvalue weighted by Crippen LogP contribution is -2.08. The molecule has 11 heteroatoms. The number of nitro groups is 3. The number of anilines is 1. The third-order valence-corrected chi connectivity index (χ3v) is 1.88. The third kappa shape index (κ3) is 2.45. The number of aromatic nitrogens is 1. The molecule has 1 N–H and O–H groups in total. The minimum atomic E-state index is -1.03. The highest BCUT2D eigenvalue weighted by Gasteiger charge is 2.31. The van der Waals surface area contributed by atoms with E-state index >= 15 is 0 Å². The van der Waals surface area contributed by atoms with Crippen molar-refractivity contribution in [2.75, 3.05) is 11.9 Å². The first kappa shape index (κ1) is 13.2. The molecule has 0 aromatic carbocycles. The molecule has 1 aromatic rings. The summed E-state index contributed by atoms with van der Waals surface area (Å²) in [5.74, 6) is -1.90. The van der Waals surface area contributed by atoms with Crippen LogP contribution in [0.3, 0.4) is 0 Å². The van der Waals surface area contributed by atoms with Crippen LogP contribution in [0.4, 0.5) is 23.0 Å². The number of nitrogens with zero attached hydrogens (tertiary/aromatic N) is 4. The van der Waals surface area contributed by atoms with Crippen LogP contribution < -0.4 is 5.32 Å². The molecule has 0 atom stereocenters. The van der Waals surface area contributed by atoms with Crippen molar-refractivity contribution < 1.29 is 14.8 Å². The highest BCUT2D eigenvalue weighted by molar-refractivity contribution is 5.72. The lowest BCUT2D eigenvalue weighted by atomic mass is 10.3. The van der Waals surface area contributed by atoms with Gasteiger partial charge < -0.3 is 25.5 Å². The van der Waals surface area contributed by atoms with Gasteiger partial charge in [-0.2, -0.15) is 0 Å². The maximum absolute atomic E-state index is 10.7. The fourth-order valence-electron chi connectivity index (χ4n) is 1.22. The van der Waals surface area contributed by atoms with Crippen LogP contribution in [0.1, 0.15) is 6.92 Å². The van der Waals surface area contributed by atoms with Crippen LogP contribution in [0.2, 0.25) is 0 Å². The first-order valence-electron chi connectivity index (χ1n) is 4.60. The average Bonchev–Trinajstić information content (AvgIpc) is 2.28. The fourth-order valence-corrected chi connectivity index (χ4v) is 1.22. The van der Waals surface area contributed by atoms with Gasteiger partial charge in [0.05, 0.1) is 4.92 Å². The topological polar surface area (TPSA) is 154 Å². The summed E-state index contributed by atoms with van der Waals surface area (Å²) in [6.07, 6.45) is 0. The van der Waals surface area contributed by atoms with Crippen molar-refractivity contribution >= 4 is 23.0 Å². The normalized spacial score (nSPS) is 9.83. The van der Waals surface area contributed by atoms with Crippen molar-refractivity contribution in [1.82, 2.24) is 4.98 Å². The van der Waals surface area contributed by atoms with Crippen molar-refractivity contribution in [3.05, 3.63) is 36.4 Å². The van der Waals surface area contributed by atoms with Gasteiger partial charge in [0.2, 0.25) is 5.69 Å². The molecule has 0 saturated heterocycles. The summed E-state index contributed by atoms with van der Waals surface area (Å²) in [6, 6.07) is 0.574. The smallest absolute Gasteiger partial charge is 0.373 e. The van der Waals surface area contributed by atoms with Gasteiger partial charge in [-0.25, -0.2) is 0 Å². The number of nitrogens with one attached hydrogen (secondary N) is 1. The molecule has 1 aromatic heterocycles. The van der Waals surface area contributed by atoms with E-state index < -0.39 is 37.8 Å². The third-order valence-electron chi connectivity index (χ3n) is 1.88. The standard InChI is InChI=1S/C7H7N5O6/c1-2-8-6-4(10(13)14)3-5(11(15)16)9-7(6)12(17)18/h3,8H,2H2,1H3. The Hall–Kier alpha value is -2.85. The van der Waals surface area contributed by atoms with Gasteiger partial charge in [0.15, 0.2) is 0 Å². The number of hydrogen-bond donors (Lipinski definition) is 1. The molecule has 0 radical (unpaired) electrons. The van der Waals surface area contributed by atoms with E-state index in [1.54, 1.807) is 6.92 Å². The Kier molecular flexibility index (Phi) is 3.66. The molecular formula is C7H7N5O6. The zero-order valence-electron chi connectivity index (χ0n) is 9.02. The molecule has 18 heavy (non-hydrogen) atoms. The molecule has 0 aliphatic heterocycles. The van der Waals surface area contributed by atoms with E-state index in [2.05, 4.69) is 10.3 Å². The van der Waals surface area contributed by atoms with Crippen LogP contribution in [-0.2, 0) is 0 Å². The van der Waals surface area contributed by atoms with E-state index in [0.29, 0.717) is 6.07 Å². The summed E-state index contributed by atoms with van der Waals surface area (Å²) in [6.45, 7) is 1.73. The Balaban J connectivity index is 3.59. The lowest BCUT2D eigenvalue weighted by molar-refractivity contribution is -0.408. The highest BCUT2D eigenvalue weighted by atomic mass is 16.6. The first-order chi connectivity index (χ1) is 8.38. The maximum Gasteiger partial charge on any atom is 0.398 e. The Morgan fingerprint density at radius 1 is 1.17 bits per heavy atom. The largest absolute Gasteiger partial charge is 0.398 e. The molecule has 1 rings (SSSR count). The second-order valence-electron chi connectivity index (χ2n) is 3.00. The summed E-state index contributed by atoms with van der Waals surface area (Å²) in [5, 5.41) is 34.3. The lowest BCUT2D eigenvalue weighted by Gasteiger charge is -2.05. The number of rotatable bonds is 5. The van der Waals surface area contributed by atoms with Gasteiger partial charge in [-0.05, 0) is 16.8 Å². The van der Waals surface area contributed by atoms with Crippen LogP contribution in [-0.4, -0.2) is 26.3 Å². The molecule has 0 aliphatic rings. The molecule has 0 aliphatic carbocycles. The molecule has 11 nitrogen and oxygen atoms in total. The summed E-state index contributed by atoms with van der Waals surface area (Å²) in [4.78, 5) is 32.1. The van der Waals surface area contributed by atoms with Gasteiger partial charge in [-0.1, -0.05) is 0 Å². The van der Waals surface area contributed by atoms with Gasteiger partial charge >= 0.3 is 17.3 Å². The zero-order chi connectivity index (χ0) is 13.9. The Morgan fingerprint density at radius 2 is 1.78 bits per heavy atom. The van der Waals surface area contributed by atoms with Crippen LogP contribution >= 0.6 is 0 Å². The molecule has 0 saturated carbocycles. The van der Waals surface area contributed by atoms with Crippen LogP contribution in [0, 0.1) is 30.3 Å². The maximum atomic E-state index is 10.7. The summed E-state index contributed by atoms with van der Waals surface area (Å²) >= 11 is 0. The van der Waals surface area contributed by atoms with E-state index in [1.165, 1.54) is 0 Å². The van der Waals surface area contributed by atoms with Crippen molar-refractivity contribution in [2.45, 2.75) is 6.92 Å². The Bertz CT molecular complexity index is 494. The van der Waals surface area contributed by atoms with Crippen LogP contribution in [0.25, 0.3) is 0 Å². The summed E-state index contributed by atoms with van der Waals surface area (Å²) < 4.78 is 0. The number of pyridine rings is 1. The average molecular weight is 257 g/mol. The van der Waals surface area contributed by atoms with Crippen molar-refractivity contribution in [1.29, 1.82) is 0 Å². The highest BCUT2D eigenvalue weighted by Crippen LogP contribution is 2.35. The minimum Gasteiger partial charge on any atom is -0.373 e. The molecule has 0 fully saturated rings. The van der Waals surface area contributed by atoms with E-state index in [1.807, 2.05) is 0 Å². The van der Waals surface area contributed by atoms with Crippen molar-refractivity contribution in [3.8, 4) is 0 Å². The van der Waals surface area contributed by atoms with E-state index in [4.69, 9.17) is 0 Å². The van der Waals surface area contributed by atoms with Crippen molar-refractivity contribution in [3.63, 3.8) is 0 Å². The predicted octanol–water partition coefficient (Wildman–Crippen LogP) is 1.24. The first-order valence-corrected chi connectivity index (χ1v) is 4.60. The van der Waals surface area contributed by atoms with E-state index in [9.17, 15) is 30.3 Å². The van der Waals surface area contributed by atoms with Crippen LogP contribution in [0.5, 0.6) is 0 Å². The van der Waals surface area contributed by atoms with E-state index in [-0.39, 0.29) is 6.54 Å². The molecule has 1 heterocycles. The van der Waals surface area contributed by atoms with Gasteiger partial charge in [-0.15, -0.1) is 0 Å². The van der Waals surface area contributed by atoms with Crippen LogP contribution in [0.15, 0.2) is 6.07 Å². The Labute approximate surface area is 98.9 Å². The molecular weight excluding hydrogens is 250 g/mol. The Morgan fingerprint density at radius 3 is 2.17 bits per heavy atom. The second-order valence-corrected chi connectivity index (χ2v) is 3.00. The predicted molar refractivity (Wildman–Crippen MR) is 58.4 cm³/mol. The van der Waals surface area contributed by atoms with Gasteiger partial charge in [0.1, 0.15) is 6.07 Å². The van der Waals surface area contributed by atoms with Gasteiger partial charge in [0.25, 0.3) is 0 Å². The number of hydrogen-bond acceptors (Lipinski definition) is 8. The molecule has 0 bridgehead atoms. The van der Waals surface area contributed by atoms with Gasteiger partial charge in [-0.3, -0.25) is 10.1 Å². The molecule has 0 amide bonds. The van der Waals surface area contributed by atoms with Gasteiger partial charge in [0, 0.05) is 11.5 Å². The fraction of sp³-hybridized carbons (Fsp3) is 0.286. The molecule has 0 unspecified atom stereocenters. The second kappa shape index (κ2) is 4.99. The van der Waals surface area contributed by atoms with E-state index in [0.717, 1.165) is 0 Å². The van der Waals surface area contributed by atoms with Crippen molar-refractivity contribution in [2.24, 2.45) is 0 Å². The quantitative estimate of drug-likeness (QED) is 0.609. The monoisotopic (exact) mass is 257 g/mol. The summed E-state index contributed by atoms with van der Waals surface area (Å²) in [7, 11) is 0. The molecule has 96 valence electrons. The minimum absolute atomic E-state index is 0.168.